The molecule has 1 rings (SSSR count). The first-order valence-electron chi connectivity index (χ1n) is 11.4. The van der Waals surface area contributed by atoms with Crippen LogP contribution in [-0.2, 0) is 35.2 Å². The molecule has 9 N–H and O–H groups in total. The lowest BCUT2D eigenvalue weighted by atomic mass is 10.0. The lowest BCUT2D eigenvalue weighted by Gasteiger charge is -2.25. The van der Waals surface area contributed by atoms with Crippen LogP contribution < -0.4 is 27.4 Å². The lowest BCUT2D eigenvalue weighted by molar-refractivity contribution is -0.142. The third kappa shape index (κ3) is 12.2. The zero-order valence-electron chi connectivity index (χ0n) is 20.3. The molecule has 204 valence electrons. The summed E-state index contributed by atoms with van der Waals surface area (Å²) < 4.78 is 0. The molecule has 4 atom stereocenters. The van der Waals surface area contributed by atoms with Gasteiger partial charge in [0.15, 0.2) is 0 Å². The summed E-state index contributed by atoms with van der Waals surface area (Å²) in [5.41, 5.74) is 11.5. The van der Waals surface area contributed by atoms with Crippen molar-refractivity contribution in [2.45, 2.75) is 56.3 Å². The Kier molecular flexibility index (Phi) is 13.7. The minimum Gasteiger partial charge on any atom is -0.481 e. The van der Waals surface area contributed by atoms with E-state index in [-0.39, 0.29) is 25.7 Å². The van der Waals surface area contributed by atoms with Crippen LogP contribution in [0.5, 0.6) is 0 Å². The summed E-state index contributed by atoms with van der Waals surface area (Å²) in [6.07, 6.45) is 0.731. The Hall–Kier alpha value is -3.65. The van der Waals surface area contributed by atoms with Gasteiger partial charge in [-0.25, -0.2) is 4.79 Å². The predicted octanol–water partition coefficient (Wildman–Crippen LogP) is -1.41. The summed E-state index contributed by atoms with van der Waals surface area (Å²) in [4.78, 5) is 72.3. The van der Waals surface area contributed by atoms with Gasteiger partial charge in [-0.2, -0.15) is 11.8 Å². The molecule has 1 aromatic carbocycles. The fourth-order valence-corrected chi connectivity index (χ4v) is 3.68. The number of rotatable bonds is 17. The van der Waals surface area contributed by atoms with Crippen LogP contribution >= 0.6 is 11.8 Å². The number of carbonyl (C=O) groups is 6. The van der Waals surface area contributed by atoms with Gasteiger partial charge < -0.3 is 37.6 Å². The first-order valence-corrected chi connectivity index (χ1v) is 12.8. The standard InChI is InChI=1S/C23H33N5O8S/c1-37-10-9-16(23(35)36)27-21(33)15(7-8-18(25)29)26-22(34)17(11-13-5-3-2-4-6-13)28-20(32)14(24)12-19(30)31/h2-6,14-17H,7-12,24H2,1H3,(H2,25,29)(H,26,34)(H,27,33)(H,28,32)(H,30,31)(H,35,36). The van der Waals surface area contributed by atoms with Crippen molar-refractivity contribution in [2.75, 3.05) is 12.0 Å². The highest BCUT2D eigenvalue weighted by molar-refractivity contribution is 7.98. The number of carboxylic acids is 2. The quantitative estimate of drug-likeness (QED) is 0.122. The van der Waals surface area contributed by atoms with Gasteiger partial charge >= 0.3 is 11.9 Å². The van der Waals surface area contributed by atoms with E-state index in [0.717, 1.165) is 0 Å². The highest BCUT2D eigenvalue weighted by atomic mass is 32.2. The van der Waals surface area contributed by atoms with E-state index in [4.69, 9.17) is 16.6 Å². The fourth-order valence-electron chi connectivity index (χ4n) is 3.21. The van der Waals surface area contributed by atoms with E-state index in [1.807, 2.05) is 0 Å². The molecule has 1 aromatic rings. The minimum absolute atomic E-state index is 0.0200. The van der Waals surface area contributed by atoms with Gasteiger partial charge in [-0.15, -0.1) is 0 Å². The van der Waals surface area contributed by atoms with Crippen molar-refractivity contribution in [2.24, 2.45) is 11.5 Å². The van der Waals surface area contributed by atoms with E-state index in [2.05, 4.69) is 16.0 Å². The number of benzene rings is 1. The molecule has 14 heteroatoms. The fraction of sp³-hybridized carbons (Fsp3) is 0.478. The van der Waals surface area contributed by atoms with Crippen LogP contribution in [0.3, 0.4) is 0 Å². The van der Waals surface area contributed by atoms with Crippen LogP contribution in [0.15, 0.2) is 30.3 Å². The monoisotopic (exact) mass is 539 g/mol. The molecule has 4 unspecified atom stereocenters. The minimum atomic E-state index is -1.43. The number of thioether (sulfide) groups is 1. The topological polar surface area (TPSA) is 231 Å². The maximum atomic E-state index is 13.2. The first kappa shape index (κ1) is 31.4. The Balaban J connectivity index is 3.12. The number of nitrogens with two attached hydrogens (primary N) is 2. The average molecular weight is 540 g/mol. The molecule has 0 radical (unpaired) electrons. The molecular formula is C23H33N5O8S. The second kappa shape index (κ2) is 16.2. The summed E-state index contributed by atoms with van der Waals surface area (Å²) in [5.74, 6) is -5.39. The maximum Gasteiger partial charge on any atom is 0.326 e. The number of hydrogen-bond acceptors (Lipinski definition) is 8. The molecule has 4 amide bonds. The number of carboxylic acid groups (broad SMARTS) is 2. The van der Waals surface area contributed by atoms with Crippen molar-refractivity contribution in [1.82, 2.24) is 16.0 Å². The van der Waals surface area contributed by atoms with Gasteiger partial charge in [0, 0.05) is 12.8 Å². The van der Waals surface area contributed by atoms with Crippen LogP contribution in [-0.4, -0.2) is 82.0 Å². The summed E-state index contributed by atoms with van der Waals surface area (Å²) in [7, 11) is 0. The average Bonchev–Trinajstić information content (AvgIpc) is 2.83. The van der Waals surface area contributed by atoms with Crippen LogP contribution in [0.1, 0.15) is 31.2 Å². The van der Waals surface area contributed by atoms with Gasteiger partial charge in [-0.3, -0.25) is 24.0 Å². The summed E-state index contributed by atoms with van der Waals surface area (Å²) >= 11 is 1.39. The molecule has 0 aliphatic rings. The second-order valence-electron chi connectivity index (χ2n) is 8.20. The third-order valence-corrected chi connectivity index (χ3v) is 5.83. The first-order chi connectivity index (χ1) is 17.4. The molecule has 0 aromatic heterocycles. The van der Waals surface area contributed by atoms with Crippen molar-refractivity contribution in [1.29, 1.82) is 0 Å². The highest BCUT2D eigenvalue weighted by Gasteiger charge is 2.31. The molecule has 0 fully saturated rings. The Labute approximate surface area is 218 Å². The van der Waals surface area contributed by atoms with Crippen molar-refractivity contribution >= 4 is 47.3 Å². The molecule has 13 nitrogen and oxygen atoms in total. The molecule has 0 heterocycles. The summed E-state index contributed by atoms with van der Waals surface area (Å²) in [6, 6.07) is 3.34. The number of carbonyl (C=O) groups excluding carboxylic acids is 4. The van der Waals surface area contributed by atoms with Crippen LogP contribution in [0.2, 0.25) is 0 Å². The molecule has 37 heavy (non-hydrogen) atoms. The number of aliphatic carboxylic acids is 2. The van der Waals surface area contributed by atoms with Crippen molar-refractivity contribution in [3.05, 3.63) is 35.9 Å². The van der Waals surface area contributed by atoms with Crippen molar-refractivity contribution in [3.8, 4) is 0 Å². The maximum absolute atomic E-state index is 13.2. The second-order valence-corrected chi connectivity index (χ2v) is 9.19. The summed E-state index contributed by atoms with van der Waals surface area (Å²) in [5, 5.41) is 25.5. The molecule has 0 saturated heterocycles. The molecule has 0 aliphatic carbocycles. The van der Waals surface area contributed by atoms with Gasteiger partial charge in [-0.1, -0.05) is 30.3 Å². The molecular weight excluding hydrogens is 506 g/mol. The predicted molar refractivity (Wildman–Crippen MR) is 135 cm³/mol. The largest absolute Gasteiger partial charge is 0.481 e. The molecule has 0 spiro atoms. The van der Waals surface area contributed by atoms with Crippen molar-refractivity contribution < 1.29 is 39.0 Å². The zero-order valence-corrected chi connectivity index (χ0v) is 21.2. The smallest absolute Gasteiger partial charge is 0.326 e. The Morgan fingerprint density at radius 1 is 0.865 bits per heavy atom. The summed E-state index contributed by atoms with van der Waals surface area (Å²) in [6.45, 7) is 0. The Bertz CT molecular complexity index is 962. The number of hydrogen-bond donors (Lipinski definition) is 7. The van der Waals surface area contributed by atoms with E-state index in [1.54, 1.807) is 36.6 Å². The van der Waals surface area contributed by atoms with Crippen LogP contribution in [0.25, 0.3) is 0 Å². The van der Waals surface area contributed by atoms with E-state index >= 15 is 0 Å². The SMILES string of the molecule is CSCCC(NC(=O)C(CCC(N)=O)NC(=O)C(Cc1ccccc1)NC(=O)C(N)CC(=O)O)C(=O)O. The van der Waals surface area contributed by atoms with Gasteiger partial charge in [0.25, 0.3) is 0 Å². The van der Waals surface area contributed by atoms with Gasteiger partial charge in [-0.05, 0) is 30.4 Å². The molecule has 0 saturated carbocycles. The Morgan fingerprint density at radius 2 is 1.43 bits per heavy atom. The number of primary amides is 1. The van der Waals surface area contributed by atoms with E-state index in [0.29, 0.717) is 11.3 Å². The van der Waals surface area contributed by atoms with Gasteiger partial charge in [0.1, 0.15) is 18.1 Å². The molecule has 0 bridgehead atoms. The van der Waals surface area contributed by atoms with Gasteiger partial charge in [0.05, 0.1) is 12.5 Å². The van der Waals surface area contributed by atoms with Gasteiger partial charge in [0.2, 0.25) is 23.6 Å². The van der Waals surface area contributed by atoms with Crippen LogP contribution in [0.4, 0.5) is 0 Å². The Morgan fingerprint density at radius 3 is 1.97 bits per heavy atom. The number of amides is 4. The van der Waals surface area contributed by atoms with E-state index in [9.17, 15) is 33.9 Å². The zero-order chi connectivity index (χ0) is 28.0. The van der Waals surface area contributed by atoms with E-state index < -0.39 is 66.2 Å². The normalized spacial score (nSPS) is 13.9. The highest BCUT2D eigenvalue weighted by Crippen LogP contribution is 2.08. The van der Waals surface area contributed by atoms with E-state index in [1.165, 1.54) is 11.8 Å². The lowest BCUT2D eigenvalue weighted by Crippen LogP contribution is -2.57. The van der Waals surface area contributed by atoms with Crippen molar-refractivity contribution in [3.63, 3.8) is 0 Å². The number of nitrogens with one attached hydrogen (secondary N) is 3. The molecule has 0 aliphatic heterocycles. The van der Waals surface area contributed by atoms with Crippen LogP contribution in [0, 0.1) is 0 Å². The third-order valence-electron chi connectivity index (χ3n) is 5.18.